The van der Waals surface area contributed by atoms with E-state index in [0.29, 0.717) is 17.4 Å². The lowest BCUT2D eigenvalue weighted by Gasteiger charge is -2.25. The minimum atomic E-state index is -0.268. The molecule has 5 nitrogen and oxygen atoms in total. The van der Waals surface area contributed by atoms with E-state index in [4.69, 9.17) is 5.10 Å². The first kappa shape index (κ1) is 28.0. The van der Waals surface area contributed by atoms with Crippen molar-refractivity contribution >= 4 is 17.5 Å². The highest BCUT2D eigenvalue weighted by molar-refractivity contribution is 5.96. The van der Waals surface area contributed by atoms with E-state index in [9.17, 15) is 9.18 Å². The van der Waals surface area contributed by atoms with Gasteiger partial charge in [-0.2, -0.15) is 5.10 Å². The van der Waals surface area contributed by atoms with Gasteiger partial charge in [0.25, 0.3) is 5.91 Å². The SMILES string of the molecule is CC(C)CCN(CCC(C)C)C(=O)c1ccn2nc(-c3ccc(F)cc3)c(/C=C/CN3CCCCC3)c2c1. The molecule has 1 aromatic carbocycles. The van der Waals surface area contributed by atoms with Crippen LogP contribution in [0.25, 0.3) is 22.9 Å². The van der Waals surface area contributed by atoms with Gasteiger partial charge >= 0.3 is 0 Å². The van der Waals surface area contributed by atoms with Crippen molar-refractivity contribution < 1.29 is 9.18 Å². The molecule has 0 spiro atoms. The summed E-state index contributed by atoms with van der Waals surface area (Å²) < 4.78 is 15.5. The molecule has 6 heteroatoms. The number of rotatable bonds is 11. The lowest BCUT2D eigenvalue weighted by Crippen LogP contribution is -2.34. The van der Waals surface area contributed by atoms with Crippen molar-refractivity contribution in [2.24, 2.45) is 11.8 Å². The average molecular weight is 519 g/mol. The Morgan fingerprint density at radius 2 is 1.66 bits per heavy atom. The molecule has 3 aromatic rings. The zero-order valence-electron chi connectivity index (χ0n) is 23.5. The number of piperidine rings is 1. The van der Waals surface area contributed by atoms with Gasteiger partial charge in [0.05, 0.1) is 5.52 Å². The van der Waals surface area contributed by atoms with Crippen LogP contribution in [0.3, 0.4) is 0 Å². The van der Waals surface area contributed by atoms with E-state index < -0.39 is 0 Å². The third kappa shape index (κ3) is 7.31. The number of fused-ring (bicyclic) bond motifs is 1. The second-order valence-electron chi connectivity index (χ2n) is 11.4. The van der Waals surface area contributed by atoms with Crippen molar-refractivity contribution in [1.29, 1.82) is 0 Å². The Balaban J connectivity index is 1.68. The van der Waals surface area contributed by atoms with Crippen LogP contribution in [0.15, 0.2) is 48.7 Å². The summed E-state index contributed by atoms with van der Waals surface area (Å²) in [5.74, 6) is 0.880. The maximum atomic E-state index is 13.7. The maximum Gasteiger partial charge on any atom is 0.253 e. The number of hydrogen-bond donors (Lipinski definition) is 0. The molecule has 1 aliphatic heterocycles. The molecular weight excluding hydrogens is 475 g/mol. The Hall–Kier alpha value is -2.99. The maximum absolute atomic E-state index is 13.7. The van der Waals surface area contributed by atoms with E-state index >= 15 is 0 Å². The first-order valence-electron chi connectivity index (χ1n) is 14.3. The van der Waals surface area contributed by atoms with Gasteiger partial charge < -0.3 is 4.90 Å². The molecular formula is C32H43FN4O. The molecule has 0 N–H and O–H groups in total. The molecule has 0 unspecified atom stereocenters. The number of nitrogens with zero attached hydrogens (tertiary/aromatic N) is 4. The van der Waals surface area contributed by atoms with E-state index in [2.05, 4.69) is 44.7 Å². The smallest absolute Gasteiger partial charge is 0.253 e. The van der Waals surface area contributed by atoms with Crippen LogP contribution >= 0.6 is 0 Å². The monoisotopic (exact) mass is 518 g/mol. The summed E-state index contributed by atoms with van der Waals surface area (Å²) in [7, 11) is 0. The third-order valence-corrected chi connectivity index (χ3v) is 7.37. The molecule has 1 saturated heterocycles. The summed E-state index contributed by atoms with van der Waals surface area (Å²) in [5.41, 5.74) is 4.18. The molecule has 2 aromatic heterocycles. The van der Waals surface area contributed by atoms with Gasteiger partial charge in [-0.15, -0.1) is 0 Å². The fourth-order valence-electron chi connectivity index (χ4n) is 4.97. The van der Waals surface area contributed by atoms with Gasteiger partial charge in [0.2, 0.25) is 0 Å². The van der Waals surface area contributed by atoms with Gasteiger partial charge in [0, 0.05) is 42.5 Å². The molecule has 204 valence electrons. The van der Waals surface area contributed by atoms with Crippen LogP contribution in [0.5, 0.6) is 0 Å². The quantitative estimate of drug-likeness (QED) is 0.270. The van der Waals surface area contributed by atoms with E-state index in [1.165, 1.54) is 31.4 Å². The topological polar surface area (TPSA) is 40.9 Å². The molecule has 0 bridgehead atoms. The zero-order valence-corrected chi connectivity index (χ0v) is 23.5. The number of aromatic nitrogens is 2. The number of benzene rings is 1. The second-order valence-corrected chi connectivity index (χ2v) is 11.4. The van der Waals surface area contributed by atoms with Crippen molar-refractivity contribution in [3.05, 3.63) is 65.6 Å². The number of pyridine rings is 1. The minimum Gasteiger partial charge on any atom is -0.339 e. The summed E-state index contributed by atoms with van der Waals surface area (Å²) in [5, 5.41) is 4.85. The van der Waals surface area contributed by atoms with Crippen LogP contribution < -0.4 is 0 Å². The molecule has 0 radical (unpaired) electrons. The fourth-order valence-corrected chi connectivity index (χ4v) is 4.97. The zero-order chi connectivity index (χ0) is 27.1. The summed E-state index contributed by atoms with van der Waals surface area (Å²) in [4.78, 5) is 18.2. The summed E-state index contributed by atoms with van der Waals surface area (Å²) in [6, 6.07) is 10.3. The van der Waals surface area contributed by atoms with Crippen LogP contribution in [0.1, 0.15) is 75.7 Å². The molecule has 3 heterocycles. The molecule has 0 saturated carbocycles. The van der Waals surface area contributed by atoms with E-state index in [0.717, 1.165) is 67.9 Å². The first-order chi connectivity index (χ1) is 18.3. The predicted molar refractivity (Wildman–Crippen MR) is 155 cm³/mol. The minimum absolute atomic E-state index is 0.0709. The summed E-state index contributed by atoms with van der Waals surface area (Å²) >= 11 is 0. The predicted octanol–water partition coefficient (Wildman–Crippen LogP) is 7.17. The molecule has 1 aliphatic rings. The average Bonchev–Trinajstić information content (AvgIpc) is 3.27. The molecule has 1 fully saturated rings. The number of amides is 1. The highest BCUT2D eigenvalue weighted by atomic mass is 19.1. The Labute approximate surface area is 227 Å². The third-order valence-electron chi connectivity index (χ3n) is 7.37. The van der Waals surface area contributed by atoms with E-state index in [1.807, 2.05) is 27.7 Å². The Kier molecular flexibility index (Phi) is 9.73. The second kappa shape index (κ2) is 13.2. The fraction of sp³-hybridized carbons (Fsp3) is 0.500. The van der Waals surface area contributed by atoms with Crippen LogP contribution in [0.4, 0.5) is 4.39 Å². The molecule has 0 aliphatic carbocycles. The van der Waals surface area contributed by atoms with Gasteiger partial charge in [0.1, 0.15) is 11.5 Å². The van der Waals surface area contributed by atoms with Crippen molar-refractivity contribution in [3.8, 4) is 11.3 Å². The van der Waals surface area contributed by atoms with Crippen molar-refractivity contribution in [1.82, 2.24) is 19.4 Å². The number of hydrogen-bond acceptors (Lipinski definition) is 3. The van der Waals surface area contributed by atoms with Gasteiger partial charge in [-0.3, -0.25) is 9.69 Å². The van der Waals surface area contributed by atoms with Crippen LogP contribution in [0, 0.1) is 17.7 Å². The number of likely N-dealkylation sites (tertiary alicyclic amines) is 1. The number of carbonyl (C=O) groups excluding carboxylic acids is 1. The largest absolute Gasteiger partial charge is 0.339 e. The Morgan fingerprint density at radius 3 is 2.29 bits per heavy atom. The summed E-state index contributed by atoms with van der Waals surface area (Å²) in [6.07, 6.45) is 12.0. The highest BCUT2D eigenvalue weighted by Gasteiger charge is 2.20. The highest BCUT2D eigenvalue weighted by Crippen LogP contribution is 2.29. The van der Waals surface area contributed by atoms with Gasteiger partial charge in [0.15, 0.2) is 0 Å². The van der Waals surface area contributed by atoms with Crippen LogP contribution in [-0.4, -0.2) is 58.0 Å². The van der Waals surface area contributed by atoms with Gasteiger partial charge in [-0.1, -0.05) is 46.3 Å². The summed E-state index contributed by atoms with van der Waals surface area (Å²) in [6.45, 7) is 13.5. The van der Waals surface area contributed by atoms with Gasteiger partial charge in [-0.25, -0.2) is 8.91 Å². The molecule has 0 atom stereocenters. The molecule has 1 amide bonds. The van der Waals surface area contributed by atoms with Crippen molar-refractivity contribution in [2.75, 3.05) is 32.7 Å². The van der Waals surface area contributed by atoms with Crippen LogP contribution in [0.2, 0.25) is 0 Å². The standard InChI is InChI=1S/C32H43FN4O/c1-24(2)14-20-36(21-15-25(3)4)32(38)27-16-22-37-30(23-27)29(9-8-19-35-17-6-5-7-18-35)31(34-37)26-10-12-28(33)13-11-26/h8-13,16,22-25H,5-7,14-15,17-21H2,1-4H3/b9-8+. The Morgan fingerprint density at radius 1 is 1.00 bits per heavy atom. The molecule has 4 rings (SSSR count). The normalized spacial score (nSPS) is 14.8. The molecule has 38 heavy (non-hydrogen) atoms. The lowest BCUT2D eigenvalue weighted by atomic mass is 10.0. The van der Waals surface area contributed by atoms with Crippen molar-refractivity contribution in [2.45, 2.75) is 59.8 Å². The van der Waals surface area contributed by atoms with Crippen molar-refractivity contribution in [3.63, 3.8) is 0 Å². The van der Waals surface area contributed by atoms with E-state index in [1.54, 1.807) is 12.1 Å². The number of halogens is 1. The Bertz CT molecular complexity index is 1210. The first-order valence-corrected chi connectivity index (χ1v) is 14.3. The van der Waals surface area contributed by atoms with E-state index in [-0.39, 0.29) is 11.7 Å². The lowest BCUT2D eigenvalue weighted by molar-refractivity contribution is 0.0741. The van der Waals surface area contributed by atoms with Gasteiger partial charge in [-0.05, 0) is 87.0 Å². The van der Waals surface area contributed by atoms with Crippen LogP contribution in [-0.2, 0) is 0 Å². The number of carbonyl (C=O) groups is 1.